The SMILES string of the molecule is CCCN(C(=O)C(F)(F)F)[C@H]1C[C@@H](n2cnc3c(N[C@H](CO)Cc4ccc(OCc5ccccc5)cc4)nc(N4CC[C@@H](N(C)C)C4)nc32)[C@H](O)[C@@H]1O. The van der Waals surface area contributed by atoms with Crippen molar-refractivity contribution in [1.82, 2.24) is 29.3 Å². The molecular weight excluding hydrogens is 693 g/mol. The third-order valence-electron chi connectivity index (χ3n) is 10.1. The number of carbonyl (C=O) groups excluding carboxylic acids is 1. The monoisotopic (exact) mass is 740 g/mol. The van der Waals surface area contributed by atoms with Crippen LogP contribution < -0.4 is 15.0 Å². The van der Waals surface area contributed by atoms with Crippen molar-refractivity contribution in [2.75, 3.05) is 50.6 Å². The van der Waals surface area contributed by atoms with Gasteiger partial charge in [-0.3, -0.25) is 4.79 Å². The summed E-state index contributed by atoms with van der Waals surface area (Å²) >= 11 is 0. The number of alkyl halides is 3. The van der Waals surface area contributed by atoms with Crippen LogP contribution in [0.4, 0.5) is 24.9 Å². The van der Waals surface area contributed by atoms with E-state index in [0.717, 1.165) is 17.5 Å². The quantitative estimate of drug-likeness (QED) is 0.151. The number of amides is 1. The Kier molecular flexibility index (Phi) is 11.7. The largest absolute Gasteiger partial charge is 0.489 e. The van der Waals surface area contributed by atoms with Crippen LogP contribution in [0.15, 0.2) is 60.9 Å². The molecule has 2 aromatic heterocycles. The van der Waals surface area contributed by atoms with Gasteiger partial charge in [-0.1, -0.05) is 49.4 Å². The number of rotatable bonds is 14. The number of anilines is 2. The van der Waals surface area contributed by atoms with Crippen LogP contribution in [-0.4, -0.2) is 127 Å². The fraction of sp³-hybridized carbons (Fsp3) is 0.514. The van der Waals surface area contributed by atoms with E-state index in [-0.39, 0.29) is 32.0 Å². The molecule has 0 spiro atoms. The molecule has 0 bridgehead atoms. The van der Waals surface area contributed by atoms with Gasteiger partial charge in [0.15, 0.2) is 17.0 Å². The van der Waals surface area contributed by atoms with Crippen LogP contribution in [0.25, 0.3) is 11.2 Å². The Labute approximate surface area is 306 Å². The Balaban J connectivity index is 1.27. The van der Waals surface area contributed by atoms with E-state index in [1.807, 2.05) is 73.6 Å². The third-order valence-corrected chi connectivity index (χ3v) is 10.1. The minimum Gasteiger partial charge on any atom is -0.489 e. The van der Waals surface area contributed by atoms with Gasteiger partial charge in [0.2, 0.25) is 5.95 Å². The zero-order valence-corrected chi connectivity index (χ0v) is 30.0. The zero-order valence-electron chi connectivity index (χ0n) is 30.0. The summed E-state index contributed by atoms with van der Waals surface area (Å²) in [6, 6.07) is 15.0. The molecule has 1 saturated carbocycles. The zero-order chi connectivity index (χ0) is 37.9. The first-order valence-corrected chi connectivity index (χ1v) is 17.9. The van der Waals surface area contributed by atoms with E-state index in [1.165, 1.54) is 6.33 Å². The van der Waals surface area contributed by atoms with E-state index in [9.17, 15) is 33.3 Å². The molecule has 1 amide bonds. The number of hydrogen-bond acceptors (Lipinski definition) is 11. The molecule has 286 valence electrons. The van der Waals surface area contributed by atoms with Crippen LogP contribution in [0, 0.1) is 0 Å². The van der Waals surface area contributed by atoms with Crippen molar-refractivity contribution < 1.29 is 38.0 Å². The van der Waals surface area contributed by atoms with E-state index in [4.69, 9.17) is 14.7 Å². The average Bonchev–Trinajstić information content (AvgIpc) is 3.88. The van der Waals surface area contributed by atoms with Gasteiger partial charge in [0.25, 0.3) is 0 Å². The Bertz CT molecular complexity index is 1830. The van der Waals surface area contributed by atoms with Gasteiger partial charge in [-0.15, -0.1) is 0 Å². The van der Waals surface area contributed by atoms with Gasteiger partial charge in [0, 0.05) is 25.7 Å². The number of fused-ring (bicyclic) bond motifs is 1. The highest BCUT2D eigenvalue weighted by molar-refractivity contribution is 5.85. The number of aliphatic hydroxyl groups excluding tert-OH is 3. The average molecular weight is 741 g/mol. The van der Waals surface area contributed by atoms with Crippen molar-refractivity contribution in [3.8, 4) is 5.75 Å². The third kappa shape index (κ3) is 8.51. The number of nitrogens with one attached hydrogen (secondary N) is 1. The lowest BCUT2D eigenvalue weighted by atomic mass is 10.1. The standard InChI is InChI=1S/C37H47F3N8O5/c1-4-15-47(35(52)37(38,39)40)28-18-29(32(51)31(28)50)48-22-41-30-33(43-36(44-34(30)48)46-16-14-26(19-46)45(2)3)42-25(20-49)17-23-10-12-27(13-11-23)53-21-24-8-6-5-7-9-24/h5-13,22,25-26,28-29,31-32,49-51H,4,14-21H2,1-3H3,(H,42,43,44)/t25-,26+,28-,29+,31+,32-/m0/s1. The Hall–Kier alpha value is -4.51. The topological polar surface area (TPSA) is 152 Å². The van der Waals surface area contributed by atoms with Crippen LogP contribution in [-0.2, 0) is 17.8 Å². The smallest absolute Gasteiger partial charge is 0.471 e. The molecule has 4 N–H and O–H groups in total. The molecule has 0 unspecified atom stereocenters. The summed E-state index contributed by atoms with van der Waals surface area (Å²) in [4.78, 5) is 31.4. The van der Waals surface area contributed by atoms with Gasteiger partial charge in [-0.25, -0.2) is 4.98 Å². The summed E-state index contributed by atoms with van der Waals surface area (Å²) in [7, 11) is 4.01. The number of imidazole rings is 1. The van der Waals surface area contributed by atoms with Crippen LogP contribution in [0.3, 0.4) is 0 Å². The highest BCUT2D eigenvalue weighted by Gasteiger charge is 2.51. The molecule has 2 fully saturated rings. The van der Waals surface area contributed by atoms with Crippen LogP contribution in [0.2, 0.25) is 0 Å². The highest BCUT2D eigenvalue weighted by atomic mass is 19.4. The van der Waals surface area contributed by atoms with E-state index in [0.29, 0.717) is 59.7 Å². The molecule has 1 aliphatic carbocycles. The lowest BCUT2D eigenvalue weighted by molar-refractivity contribution is -0.190. The fourth-order valence-electron chi connectivity index (χ4n) is 7.23. The van der Waals surface area contributed by atoms with Crippen molar-refractivity contribution in [3.63, 3.8) is 0 Å². The minimum atomic E-state index is -5.14. The maximum absolute atomic E-state index is 13.6. The fourth-order valence-corrected chi connectivity index (χ4v) is 7.23. The molecule has 6 atom stereocenters. The van der Waals surface area contributed by atoms with Crippen molar-refractivity contribution >= 4 is 28.8 Å². The van der Waals surface area contributed by atoms with Gasteiger partial charge in [0.05, 0.1) is 31.1 Å². The van der Waals surface area contributed by atoms with Crippen LogP contribution >= 0.6 is 0 Å². The van der Waals surface area contributed by atoms with Crippen molar-refractivity contribution in [2.45, 2.75) is 81.8 Å². The first-order chi connectivity index (χ1) is 25.4. The van der Waals surface area contributed by atoms with Crippen molar-refractivity contribution in [2.24, 2.45) is 0 Å². The summed E-state index contributed by atoms with van der Waals surface area (Å²) in [6.45, 7) is 2.91. The molecule has 13 nitrogen and oxygen atoms in total. The Morgan fingerprint density at radius 1 is 1.06 bits per heavy atom. The summed E-state index contributed by atoms with van der Waals surface area (Å²) in [6.07, 6.45) is -5.49. The predicted octanol–water partition coefficient (Wildman–Crippen LogP) is 3.40. The molecule has 1 aliphatic heterocycles. The molecule has 6 rings (SSSR count). The number of hydrogen-bond donors (Lipinski definition) is 4. The minimum absolute atomic E-state index is 0.158. The number of aliphatic hydroxyl groups is 3. The van der Waals surface area contributed by atoms with Crippen LogP contribution in [0.5, 0.6) is 5.75 Å². The molecular formula is C37H47F3N8O5. The van der Waals surface area contributed by atoms with E-state index < -0.39 is 42.4 Å². The van der Waals surface area contributed by atoms with Crippen molar-refractivity contribution in [1.29, 1.82) is 0 Å². The first-order valence-electron chi connectivity index (χ1n) is 17.9. The molecule has 16 heteroatoms. The lowest BCUT2D eigenvalue weighted by Crippen LogP contribution is -2.51. The maximum atomic E-state index is 13.6. The summed E-state index contributed by atoms with van der Waals surface area (Å²) in [5, 5.41) is 36.1. The van der Waals surface area contributed by atoms with Gasteiger partial charge >= 0.3 is 12.1 Å². The molecule has 4 aromatic rings. The number of aromatic nitrogens is 4. The Morgan fingerprint density at radius 2 is 1.79 bits per heavy atom. The van der Waals surface area contributed by atoms with E-state index in [2.05, 4.69) is 15.2 Å². The number of halogens is 3. The second-order valence-corrected chi connectivity index (χ2v) is 14.0. The maximum Gasteiger partial charge on any atom is 0.471 e. The van der Waals surface area contributed by atoms with Gasteiger partial charge < -0.3 is 44.6 Å². The highest BCUT2D eigenvalue weighted by Crippen LogP contribution is 2.38. The number of ether oxygens (including phenoxy) is 1. The predicted molar refractivity (Wildman–Crippen MR) is 193 cm³/mol. The summed E-state index contributed by atoms with van der Waals surface area (Å²) in [5.41, 5.74) is 2.61. The first kappa shape index (κ1) is 38.2. The molecule has 2 aromatic carbocycles. The number of carbonyl (C=O) groups is 1. The summed E-state index contributed by atoms with van der Waals surface area (Å²) < 4.78 is 48.2. The number of nitrogens with zero attached hydrogens (tertiary/aromatic N) is 7. The second kappa shape index (κ2) is 16.2. The molecule has 3 heterocycles. The normalized spacial score (nSPS) is 22.5. The lowest BCUT2D eigenvalue weighted by Gasteiger charge is -2.31. The number of benzene rings is 2. The molecule has 0 radical (unpaired) electrons. The number of likely N-dealkylation sites (N-methyl/N-ethyl adjacent to an activating group) is 1. The Morgan fingerprint density at radius 3 is 2.43 bits per heavy atom. The van der Waals surface area contributed by atoms with Crippen molar-refractivity contribution in [3.05, 3.63) is 72.1 Å². The molecule has 53 heavy (non-hydrogen) atoms. The molecule has 2 aliphatic rings. The van der Waals surface area contributed by atoms with Gasteiger partial charge in [-0.2, -0.15) is 23.1 Å². The molecule has 1 saturated heterocycles. The van der Waals surface area contributed by atoms with Gasteiger partial charge in [-0.05, 0) is 63.0 Å². The van der Waals surface area contributed by atoms with Gasteiger partial charge in [0.1, 0.15) is 24.6 Å². The van der Waals surface area contributed by atoms with Crippen LogP contribution in [0.1, 0.15) is 43.4 Å². The van der Waals surface area contributed by atoms with E-state index in [1.54, 1.807) is 11.5 Å². The second-order valence-electron chi connectivity index (χ2n) is 14.0. The van der Waals surface area contributed by atoms with E-state index >= 15 is 0 Å². The summed E-state index contributed by atoms with van der Waals surface area (Å²) in [5.74, 6) is -0.630.